The molecule has 0 saturated carbocycles. The number of rotatable bonds is 5. The van der Waals surface area contributed by atoms with Crippen molar-refractivity contribution in [2.24, 2.45) is 0 Å². The van der Waals surface area contributed by atoms with Crippen molar-refractivity contribution in [1.82, 2.24) is 5.16 Å². The number of nitro groups is 1. The van der Waals surface area contributed by atoms with Crippen LogP contribution >= 0.6 is 0 Å². The van der Waals surface area contributed by atoms with Crippen molar-refractivity contribution < 1.29 is 19.0 Å². The van der Waals surface area contributed by atoms with Gasteiger partial charge in [0.05, 0.1) is 10.5 Å². The number of Topliss-reactive ketones (excluding diaryl/α,β-unsaturated/α-hetero) is 1. The van der Waals surface area contributed by atoms with Crippen LogP contribution in [0.25, 0.3) is 0 Å². The number of carbonyl (C=O) groups excluding carboxylic acids is 1. The van der Waals surface area contributed by atoms with Crippen LogP contribution in [0.15, 0.2) is 28.8 Å². The number of aromatic nitrogens is 1. The van der Waals surface area contributed by atoms with E-state index in [0.717, 1.165) is 0 Å². The van der Waals surface area contributed by atoms with Gasteiger partial charge in [0.25, 0.3) is 5.69 Å². The van der Waals surface area contributed by atoms with Crippen molar-refractivity contribution >= 4 is 11.5 Å². The van der Waals surface area contributed by atoms with Crippen LogP contribution in [0.2, 0.25) is 0 Å². The lowest BCUT2D eigenvalue weighted by molar-refractivity contribution is -0.384. The van der Waals surface area contributed by atoms with Crippen LogP contribution in [-0.4, -0.2) is 15.9 Å². The second-order valence-electron chi connectivity index (χ2n) is 4.21. The molecule has 0 fully saturated rings. The Kier molecular flexibility index (Phi) is 3.79. The molecule has 0 aliphatic heterocycles. The van der Waals surface area contributed by atoms with Crippen LogP contribution < -0.4 is 4.74 Å². The molecule has 0 amide bonds. The van der Waals surface area contributed by atoms with Crippen LogP contribution in [0.3, 0.4) is 0 Å². The molecule has 7 nitrogen and oxygen atoms in total. The first kappa shape index (κ1) is 13.7. The fourth-order valence-corrected chi connectivity index (χ4v) is 1.67. The van der Waals surface area contributed by atoms with Crippen molar-refractivity contribution in [3.8, 4) is 5.75 Å². The van der Waals surface area contributed by atoms with E-state index in [4.69, 9.17) is 9.26 Å². The lowest BCUT2D eigenvalue weighted by atomic mass is 10.1. The molecular weight excluding hydrogens is 264 g/mol. The first-order chi connectivity index (χ1) is 9.47. The van der Waals surface area contributed by atoms with Gasteiger partial charge in [-0.2, -0.15) is 0 Å². The van der Waals surface area contributed by atoms with Gasteiger partial charge in [0.15, 0.2) is 5.78 Å². The number of nitrogens with zero attached hydrogens (tertiary/aromatic N) is 2. The van der Waals surface area contributed by atoms with Crippen molar-refractivity contribution in [3.63, 3.8) is 0 Å². The SMILES string of the molecule is CC(=O)c1cc([N+](=O)[O-])ccc1OCc1cc(C)on1. The van der Waals surface area contributed by atoms with E-state index in [1.165, 1.54) is 25.1 Å². The minimum absolute atomic E-state index is 0.120. The zero-order chi connectivity index (χ0) is 14.7. The monoisotopic (exact) mass is 276 g/mol. The summed E-state index contributed by atoms with van der Waals surface area (Å²) >= 11 is 0. The Morgan fingerprint density at radius 2 is 2.20 bits per heavy atom. The third-order valence-corrected chi connectivity index (χ3v) is 2.61. The van der Waals surface area contributed by atoms with Gasteiger partial charge in [0.1, 0.15) is 23.8 Å². The topological polar surface area (TPSA) is 95.5 Å². The Labute approximate surface area is 114 Å². The summed E-state index contributed by atoms with van der Waals surface area (Å²) in [7, 11) is 0. The van der Waals surface area contributed by atoms with Gasteiger partial charge in [-0.05, 0) is 19.9 Å². The average Bonchev–Trinajstić information content (AvgIpc) is 2.81. The fourth-order valence-electron chi connectivity index (χ4n) is 1.67. The molecule has 0 spiro atoms. The number of hydrogen-bond acceptors (Lipinski definition) is 6. The van der Waals surface area contributed by atoms with Crippen LogP contribution in [-0.2, 0) is 6.61 Å². The molecule has 2 aromatic rings. The highest BCUT2D eigenvalue weighted by atomic mass is 16.6. The van der Waals surface area contributed by atoms with Gasteiger partial charge in [0, 0.05) is 18.2 Å². The van der Waals surface area contributed by atoms with E-state index in [0.29, 0.717) is 11.5 Å². The van der Waals surface area contributed by atoms with Crippen molar-refractivity contribution in [2.75, 3.05) is 0 Å². The summed E-state index contributed by atoms with van der Waals surface area (Å²) in [6.45, 7) is 3.20. The van der Waals surface area contributed by atoms with E-state index in [9.17, 15) is 14.9 Å². The molecule has 0 radical (unpaired) electrons. The second kappa shape index (κ2) is 5.52. The van der Waals surface area contributed by atoms with Crippen LogP contribution in [0.4, 0.5) is 5.69 Å². The van der Waals surface area contributed by atoms with Gasteiger partial charge >= 0.3 is 0 Å². The summed E-state index contributed by atoms with van der Waals surface area (Å²) in [6, 6.07) is 5.60. The van der Waals surface area contributed by atoms with E-state index < -0.39 is 4.92 Å². The third kappa shape index (κ3) is 3.00. The molecule has 0 aliphatic rings. The number of nitro benzene ring substituents is 1. The summed E-state index contributed by atoms with van der Waals surface area (Å²) in [5.41, 5.74) is 0.592. The average molecular weight is 276 g/mol. The molecule has 1 heterocycles. The molecule has 0 unspecified atom stereocenters. The summed E-state index contributed by atoms with van der Waals surface area (Å²) in [5, 5.41) is 14.5. The molecule has 20 heavy (non-hydrogen) atoms. The molecule has 104 valence electrons. The molecule has 7 heteroatoms. The van der Waals surface area contributed by atoms with Gasteiger partial charge in [-0.1, -0.05) is 5.16 Å². The summed E-state index contributed by atoms with van der Waals surface area (Å²) in [6.07, 6.45) is 0. The molecular formula is C13H12N2O5. The number of ketones is 1. The molecule has 1 aromatic heterocycles. The first-order valence-corrected chi connectivity index (χ1v) is 5.81. The number of aryl methyl sites for hydroxylation is 1. The zero-order valence-corrected chi connectivity index (χ0v) is 11.0. The van der Waals surface area contributed by atoms with E-state index >= 15 is 0 Å². The summed E-state index contributed by atoms with van der Waals surface area (Å²) in [5.74, 6) is 0.628. The smallest absolute Gasteiger partial charge is 0.270 e. The Morgan fingerprint density at radius 3 is 2.75 bits per heavy atom. The van der Waals surface area contributed by atoms with Crippen molar-refractivity contribution in [3.05, 3.63) is 51.4 Å². The quantitative estimate of drug-likeness (QED) is 0.473. The highest BCUT2D eigenvalue weighted by Gasteiger charge is 2.15. The Morgan fingerprint density at radius 1 is 1.45 bits per heavy atom. The molecule has 1 aromatic carbocycles. The fraction of sp³-hybridized carbons (Fsp3) is 0.231. The van der Waals surface area contributed by atoms with Crippen molar-refractivity contribution in [2.45, 2.75) is 20.5 Å². The maximum absolute atomic E-state index is 11.5. The van der Waals surface area contributed by atoms with Crippen LogP contribution in [0.5, 0.6) is 5.75 Å². The number of ether oxygens (including phenoxy) is 1. The molecule has 0 bridgehead atoms. The third-order valence-electron chi connectivity index (χ3n) is 2.61. The minimum Gasteiger partial charge on any atom is -0.486 e. The maximum Gasteiger partial charge on any atom is 0.270 e. The highest BCUT2D eigenvalue weighted by molar-refractivity contribution is 5.97. The minimum atomic E-state index is -0.558. The lowest BCUT2D eigenvalue weighted by Crippen LogP contribution is -2.03. The first-order valence-electron chi connectivity index (χ1n) is 5.81. The normalized spacial score (nSPS) is 10.3. The zero-order valence-electron chi connectivity index (χ0n) is 11.0. The van der Waals surface area contributed by atoms with Crippen LogP contribution in [0, 0.1) is 17.0 Å². The van der Waals surface area contributed by atoms with Gasteiger partial charge in [-0.3, -0.25) is 14.9 Å². The van der Waals surface area contributed by atoms with Gasteiger partial charge < -0.3 is 9.26 Å². The molecule has 2 rings (SSSR count). The lowest BCUT2D eigenvalue weighted by Gasteiger charge is -2.08. The van der Waals surface area contributed by atoms with E-state index in [-0.39, 0.29) is 29.4 Å². The van der Waals surface area contributed by atoms with Crippen LogP contribution in [0.1, 0.15) is 28.7 Å². The van der Waals surface area contributed by atoms with Gasteiger partial charge in [-0.25, -0.2) is 0 Å². The molecule has 0 N–H and O–H groups in total. The second-order valence-corrected chi connectivity index (χ2v) is 4.21. The Bertz CT molecular complexity index is 663. The number of non-ortho nitro benzene ring substituents is 1. The summed E-state index contributed by atoms with van der Waals surface area (Å²) in [4.78, 5) is 21.7. The molecule has 0 saturated heterocycles. The van der Waals surface area contributed by atoms with Gasteiger partial charge in [0.2, 0.25) is 0 Å². The standard InChI is InChI=1S/C13H12N2O5/c1-8-5-10(14-20-8)7-19-13-4-3-11(15(17)18)6-12(13)9(2)16/h3-6H,7H2,1-2H3. The number of benzene rings is 1. The van der Waals surface area contributed by atoms with E-state index in [1.54, 1.807) is 13.0 Å². The maximum atomic E-state index is 11.5. The largest absolute Gasteiger partial charge is 0.486 e. The Balaban J connectivity index is 2.22. The summed E-state index contributed by atoms with van der Waals surface area (Å²) < 4.78 is 10.4. The highest BCUT2D eigenvalue weighted by Crippen LogP contribution is 2.25. The number of carbonyl (C=O) groups is 1. The predicted molar refractivity (Wildman–Crippen MR) is 68.7 cm³/mol. The van der Waals surface area contributed by atoms with E-state index in [2.05, 4.69) is 5.16 Å². The van der Waals surface area contributed by atoms with E-state index in [1.807, 2.05) is 0 Å². The van der Waals surface area contributed by atoms with Crippen molar-refractivity contribution in [1.29, 1.82) is 0 Å². The van der Waals surface area contributed by atoms with Gasteiger partial charge in [-0.15, -0.1) is 0 Å². The molecule has 0 aliphatic carbocycles. The Hall–Kier alpha value is -2.70. The molecule has 0 atom stereocenters. The number of hydrogen-bond donors (Lipinski definition) is 0. The predicted octanol–water partition coefficient (Wildman–Crippen LogP) is 2.67.